The Balaban J connectivity index is 1.59. The number of quaternary nitrogens is 1. The van der Waals surface area contributed by atoms with Crippen molar-refractivity contribution in [3.05, 3.63) is 81.6 Å². The fourth-order valence-corrected chi connectivity index (χ4v) is 4.40. The van der Waals surface area contributed by atoms with E-state index < -0.39 is 5.23 Å². The zero-order chi connectivity index (χ0) is 21.3. The van der Waals surface area contributed by atoms with Crippen LogP contribution in [0.3, 0.4) is 0 Å². The van der Waals surface area contributed by atoms with E-state index in [9.17, 15) is 10.0 Å². The lowest BCUT2D eigenvalue weighted by Gasteiger charge is -2.16. The Bertz CT molecular complexity index is 1160. The number of halogens is 1. The van der Waals surface area contributed by atoms with Crippen LogP contribution < -0.4 is 10.1 Å². The van der Waals surface area contributed by atoms with Gasteiger partial charge in [0.2, 0.25) is 0 Å². The van der Waals surface area contributed by atoms with Crippen LogP contribution in [0.5, 0.6) is 0 Å². The SMILES string of the molecule is CO[NH+]([O-])c1cccc(-c2ccc(/C=C3/SC(=S)N(c4cccc(Cl)c4)C3=O)o2)c1. The molecule has 1 amide bonds. The van der Waals surface area contributed by atoms with Gasteiger partial charge in [0.1, 0.15) is 11.5 Å². The van der Waals surface area contributed by atoms with Crippen molar-refractivity contribution in [2.45, 2.75) is 0 Å². The van der Waals surface area contributed by atoms with Gasteiger partial charge < -0.3 is 9.62 Å². The molecule has 9 heteroatoms. The predicted molar refractivity (Wildman–Crippen MR) is 122 cm³/mol. The number of hydrogen-bond acceptors (Lipinski definition) is 6. The molecule has 1 fully saturated rings. The van der Waals surface area contributed by atoms with Gasteiger partial charge in [-0.3, -0.25) is 9.69 Å². The van der Waals surface area contributed by atoms with Gasteiger partial charge >= 0.3 is 0 Å². The lowest BCUT2D eigenvalue weighted by molar-refractivity contribution is -0.992. The van der Waals surface area contributed by atoms with E-state index in [4.69, 9.17) is 33.1 Å². The van der Waals surface area contributed by atoms with Crippen LogP contribution in [0, 0.1) is 5.21 Å². The molecule has 1 aliphatic heterocycles. The zero-order valence-corrected chi connectivity index (χ0v) is 18.0. The van der Waals surface area contributed by atoms with E-state index in [0.29, 0.717) is 37.1 Å². The third-order valence-electron chi connectivity index (χ3n) is 4.33. The number of rotatable bonds is 5. The monoisotopic (exact) mass is 458 g/mol. The van der Waals surface area contributed by atoms with E-state index in [0.717, 1.165) is 5.56 Å². The molecule has 6 nitrogen and oxygen atoms in total. The largest absolute Gasteiger partial charge is 0.595 e. The molecule has 0 radical (unpaired) electrons. The summed E-state index contributed by atoms with van der Waals surface area (Å²) in [4.78, 5) is 19.5. The lowest BCUT2D eigenvalue weighted by Crippen LogP contribution is -3.00. The van der Waals surface area contributed by atoms with Gasteiger partial charge in [0, 0.05) is 28.8 Å². The number of carbonyl (C=O) groups is 1. The van der Waals surface area contributed by atoms with Gasteiger partial charge in [0.15, 0.2) is 10.0 Å². The Morgan fingerprint density at radius 1 is 1.20 bits per heavy atom. The Kier molecular flexibility index (Phi) is 6.05. The van der Waals surface area contributed by atoms with Crippen LogP contribution in [0.25, 0.3) is 17.4 Å². The lowest BCUT2D eigenvalue weighted by atomic mass is 10.1. The average molecular weight is 459 g/mol. The summed E-state index contributed by atoms with van der Waals surface area (Å²) in [6.45, 7) is 0. The number of nitrogens with one attached hydrogen (secondary N) is 1. The number of nitrogens with zero attached hydrogens (tertiary/aromatic N) is 1. The van der Waals surface area contributed by atoms with Crippen molar-refractivity contribution in [2.24, 2.45) is 0 Å². The normalized spacial score (nSPS) is 16.5. The van der Waals surface area contributed by atoms with Crippen LogP contribution in [-0.4, -0.2) is 17.3 Å². The maximum absolute atomic E-state index is 12.9. The van der Waals surface area contributed by atoms with E-state index in [1.54, 1.807) is 60.7 Å². The second kappa shape index (κ2) is 8.73. The molecule has 152 valence electrons. The van der Waals surface area contributed by atoms with Gasteiger partial charge in [-0.2, -0.15) is 5.23 Å². The molecule has 1 unspecified atom stereocenters. The molecule has 1 saturated heterocycles. The highest BCUT2D eigenvalue weighted by Gasteiger charge is 2.33. The quantitative estimate of drug-likeness (QED) is 0.343. The molecule has 4 rings (SSSR count). The molecule has 0 aliphatic carbocycles. The summed E-state index contributed by atoms with van der Waals surface area (Å²) in [5.74, 6) is 0.829. The topological polar surface area (TPSA) is 70.2 Å². The van der Waals surface area contributed by atoms with Crippen molar-refractivity contribution < 1.29 is 19.3 Å². The van der Waals surface area contributed by atoms with Crippen LogP contribution in [0.2, 0.25) is 5.02 Å². The Morgan fingerprint density at radius 3 is 2.77 bits per heavy atom. The van der Waals surface area contributed by atoms with Crippen molar-refractivity contribution in [3.63, 3.8) is 0 Å². The van der Waals surface area contributed by atoms with Crippen molar-refractivity contribution in [1.29, 1.82) is 0 Å². The minimum atomic E-state index is -0.423. The fraction of sp³-hybridized carbons (Fsp3) is 0.0476. The molecule has 2 heterocycles. The first-order valence-corrected chi connectivity index (χ1v) is 10.4. The second-order valence-electron chi connectivity index (χ2n) is 6.27. The summed E-state index contributed by atoms with van der Waals surface area (Å²) < 4.78 is 6.29. The van der Waals surface area contributed by atoms with Gasteiger partial charge in [-0.1, -0.05) is 53.8 Å². The summed E-state index contributed by atoms with van der Waals surface area (Å²) in [5.41, 5.74) is 1.77. The number of carbonyl (C=O) groups excluding carboxylic acids is 1. The maximum atomic E-state index is 12.9. The third-order valence-corrected chi connectivity index (χ3v) is 5.87. The van der Waals surface area contributed by atoms with Crippen LogP contribution in [0.4, 0.5) is 11.4 Å². The second-order valence-corrected chi connectivity index (χ2v) is 8.38. The molecular weight excluding hydrogens is 444 g/mol. The van der Waals surface area contributed by atoms with Gasteiger partial charge in [-0.25, -0.2) is 4.84 Å². The molecule has 1 aromatic heterocycles. The number of thioether (sulfide) groups is 1. The van der Waals surface area contributed by atoms with Gasteiger partial charge in [0.25, 0.3) is 5.91 Å². The molecule has 1 N–H and O–H groups in total. The van der Waals surface area contributed by atoms with E-state index in [1.807, 2.05) is 6.07 Å². The Morgan fingerprint density at radius 2 is 2.00 bits per heavy atom. The number of furan rings is 1. The Labute approximate surface area is 187 Å². The summed E-state index contributed by atoms with van der Waals surface area (Å²) in [7, 11) is 1.33. The molecule has 1 aliphatic rings. The highest BCUT2D eigenvalue weighted by molar-refractivity contribution is 8.27. The van der Waals surface area contributed by atoms with E-state index >= 15 is 0 Å². The van der Waals surface area contributed by atoms with Gasteiger partial charge in [-0.05, 0) is 30.3 Å². The van der Waals surface area contributed by atoms with Crippen molar-refractivity contribution in [2.75, 3.05) is 12.0 Å². The number of hydrogen-bond donors (Lipinski definition) is 1. The van der Waals surface area contributed by atoms with Crippen molar-refractivity contribution >= 4 is 63.3 Å². The van der Waals surface area contributed by atoms with Crippen LogP contribution in [0.15, 0.2) is 70.0 Å². The van der Waals surface area contributed by atoms with Crippen LogP contribution in [-0.2, 0) is 9.63 Å². The van der Waals surface area contributed by atoms with E-state index in [2.05, 4.69) is 0 Å². The molecule has 0 bridgehead atoms. The zero-order valence-electron chi connectivity index (χ0n) is 15.6. The minimum Gasteiger partial charge on any atom is -0.595 e. The van der Waals surface area contributed by atoms with Gasteiger partial charge in [0.05, 0.1) is 17.7 Å². The van der Waals surface area contributed by atoms with Crippen LogP contribution >= 0.6 is 35.6 Å². The summed E-state index contributed by atoms with van der Waals surface area (Å²) in [6, 6.07) is 17.4. The van der Waals surface area contributed by atoms with E-state index in [1.165, 1.54) is 23.8 Å². The standard InChI is InChI=1S/C21H15ClN2O4S2/c1-27-24(26)16-7-2-4-13(10-16)18-9-8-17(28-18)12-19-20(25)23(21(29)30-19)15-6-3-5-14(22)11-15/h2-12,24H,1H3/b19-12+. The molecular formula is C21H15ClN2O4S2. The molecule has 0 spiro atoms. The molecule has 0 saturated carbocycles. The number of thiocarbonyl (C=S) groups is 1. The molecule has 3 aromatic rings. The number of amides is 1. The van der Waals surface area contributed by atoms with Crippen LogP contribution in [0.1, 0.15) is 5.76 Å². The van der Waals surface area contributed by atoms with Gasteiger partial charge in [-0.15, -0.1) is 0 Å². The maximum Gasteiger partial charge on any atom is 0.270 e. The Hall–Kier alpha value is -2.46. The first-order chi connectivity index (χ1) is 14.5. The third kappa shape index (κ3) is 4.20. The highest BCUT2D eigenvalue weighted by atomic mass is 35.5. The summed E-state index contributed by atoms with van der Waals surface area (Å²) >= 11 is 12.6. The average Bonchev–Trinajstić information content (AvgIpc) is 3.32. The summed E-state index contributed by atoms with van der Waals surface area (Å²) in [6.07, 6.45) is 1.65. The van der Waals surface area contributed by atoms with Crippen molar-refractivity contribution in [3.8, 4) is 11.3 Å². The smallest absolute Gasteiger partial charge is 0.270 e. The first-order valence-electron chi connectivity index (χ1n) is 8.78. The highest BCUT2D eigenvalue weighted by Crippen LogP contribution is 2.37. The van der Waals surface area contributed by atoms with E-state index in [-0.39, 0.29) is 5.91 Å². The summed E-state index contributed by atoms with van der Waals surface area (Å²) in [5, 5.41) is 11.8. The fourth-order valence-electron chi connectivity index (χ4n) is 2.94. The molecule has 2 aromatic carbocycles. The number of anilines is 1. The number of benzene rings is 2. The molecule has 30 heavy (non-hydrogen) atoms. The molecule has 1 atom stereocenters. The predicted octanol–water partition coefficient (Wildman–Crippen LogP) is 4.58. The van der Waals surface area contributed by atoms with Crippen molar-refractivity contribution in [1.82, 2.24) is 0 Å². The first kappa shape index (κ1) is 20.8. The minimum absolute atomic E-state index is 0.238.